The van der Waals surface area contributed by atoms with E-state index in [2.05, 4.69) is 15.8 Å². The first-order chi connectivity index (χ1) is 8.56. The molecule has 1 heterocycles. The molecule has 0 aliphatic carbocycles. The Labute approximate surface area is 105 Å². The number of anilines is 1. The summed E-state index contributed by atoms with van der Waals surface area (Å²) in [5, 5.41) is 6.81. The number of amides is 2. The molecule has 1 aliphatic heterocycles. The molecule has 2 rings (SSSR count). The second-order valence-electron chi connectivity index (χ2n) is 4.40. The fourth-order valence-electron chi connectivity index (χ4n) is 1.96. The molecule has 1 aromatic carbocycles. The van der Waals surface area contributed by atoms with Gasteiger partial charge in [-0.3, -0.25) is 9.59 Å². The van der Waals surface area contributed by atoms with Gasteiger partial charge in [-0.15, -0.1) is 0 Å². The SMILES string of the molecule is CC(=O)Nc1cccc(C2=NNC(=O)CC2C)c1. The average Bonchev–Trinajstić information content (AvgIpc) is 2.28. The summed E-state index contributed by atoms with van der Waals surface area (Å²) in [6, 6.07) is 7.44. The van der Waals surface area contributed by atoms with Crippen LogP contribution in [0.15, 0.2) is 29.4 Å². The van der Waals surface area contributed by atoms with E-state index in [1.807, 2.05) is 31.2 Å². The molecule has 5 heteroatoms. The molecule has 1 unspecified atom stereocenters. The van der Waals surface area contributed by atoms with Crippen LogP contribution in [0.4, 0.5) is 5.69 Å². The Balaban J connectivity index is 2.28. The molecule has 2 N–H and O–H groups in total. The van der Waals surface area contributed by atoms with Crippen molar-refractivity contribution in [3.8, 4) is 0 Å². The third-order valence-corrected chi connectivity index (χ3v) is 2.74. The highest BCUT2D eigenvalue weighted by Gasteiger charge is 2.21. The zero-order valence-electron chi connectivity index (χ0n) is 10.4. The lowest BCUT2D eigenvalue weighted by Crippen LogP contribution is -2.31. The smallest absolute Gasteiger partial charge is 0.240 e. The Bertz CT molecular complexity index is 523. The van der Waals surface area contributed by atoms with Crippen molar-refractivity contribution in [1.82, 2.24) is 5.43 Å². The first kappa shape index (κ1) is 12.3. The molecule has 1 aliphatic rings. The van der Waals surface area contributed by atoms with Crippen LogP contribution in [0.1, 0.15) is 25.8 Å². The maximum atomic E-state index is 11.2. The van der Waals surface area contributed by atoms with Crippen LogP contribution < -0.4 is 10.7 Å². The molecule has 0 radical (unpaired) electrons. The van der Waals surface area contributed by atoms with Crippen molar-refractivity contribution in [1.29, 1.82) is 0 Å². The zero-order chi connectivity index (χ0) is 13.1. The van der Waals surface area contributed by atoms with E-state index in [-0.39, 0.29) is 17.7 Å². The fourth-order valence-corrected chi connectivity index (χ4v) is 1.96. The van der Waals surface area contributed by atoms with Gasteiger partial charge in [0.1, 0.15) is 0 Å². The van der Waals surface area contributed by atoms with Crippen molar-refractivity contribution in [2.24, 2.45) is 11.0 Å². The molecule has 0 saturated heterocycles. The predicted molar refractivity (Wildman–Crippen MR) is 69.2 cm³/mol. The second-order valence-corrected chi connectivity index (χ2v) is 4.40. The van der Waals surface area contributed by atoms with E-state index in [1.165, 1.54) is 6.92 Å². The Kier molecular flexibility index (Phi) is 3.41. The van der Waals surface area contributed by atoms with E-state index in [1.54, 1.807) is 0 Å². The largest absolute Gasteiger partial charge is 0.326 e. The third kappa shape index (κ3) is 2.74. The van der Waals surface area contributed by atoms with Crippen molar-refractivity contribution >= 4 is 23.2 Å². The van der Waals surface area contributed by atoms with Crippen LogP contribution >= 0.6 is 0 Å². The summed E-state index contributed by atoms with van der Waals surface area (Å²) in [4.78, 5) is 22.2. The number of nitrogens with one attached hydrogen (secondary N) is 2. The Morgan fingerprint density at radius 1 is 1.50 bits per heavy atom. The lowest BCUT2D eigenvalue weighted by molar-refractivity contribution is -0.122. The number of hydrogen-bond acceptors (Lipinski definition) is 3. The Morgan fingerprint density at radius 2 is 2.28 bits per heavy atom. The highest BCUT2D eigenvalue weighted by atomic mass is 16.2. The van der Waals surface area contributed by atoms with Crippen LogP contribution in [0.5, 0.6) is 0 Å². The van der Waals surface area contributed by atoms with Crippen molar-refractivity contribution in [3.63, 3.8) is 0 Å². The molecule has 0 bridgehead atoms. The van der Waals surface area contributed by atoms with Gasteiger partial charge in [-0.2, -0.15) is 5.10 Å². The van der Waals surface area contributed by atoms with E-state index in [9.17, 15) is 9.59 Å². The molecule has 0 spiro atoms. The summed E-state index contributed by atoms with van der Waals surface area (Å²) in [7, 11) is 0. The van der Waals surface area contributed by atoms with Gasteiger partial charge in [0, 0.05) is 30.5 Å². The summed E-state index contributed by atoms with van der Waals surface area (Å²) in [6.45, 7) is 3.43. The number of carbonyl (C=O) groups is 2. The van der Waals surface area contributed by atoms with Gasteiger partial charge in [0.05, 0.1) is 5.71 Å². The maximum absolute atomic E-state index is 11.2. The van der Waals surface area contributed by atoms with Crippen LogP contribution in [-0.2, 0) is 9.59 Å². The van der Waals surface area contributed by atoms with Crippen molar-refractivity contribution in [2.45, 2.75) is 20.3 Å². The molecule has 0 fully saturated rings. The molecule has 2 amide bonds. The zero-order valence-corrected chi connectivity index (χ0v) is 10.4. The predicted octanol–water partition coefficient (Wildman–Crippen LogP) is 1.51. The summed E-state index contributed by atoms with van der Waals surface area (Å²) in [5.74, 6) is -0.102. The lowest BCUT2D eigenvalue weighted by atomic mass is 9.94. The van der Waals surface area contributed by atoms with Gasteiger partial charge < -0.3 is 5.32 Å². The summed E-state index contributed by atoms with van der Waals surface area (Å²) < 4.78 is 0. The molecule has 1 atom stereocenters. The van der Waals surface area contributed by atoms with Crippen LogP contribution in [0.2, 0.25) is 0 Å². The highest BCUT2D eigenvalue weighted by molar-refractivity contribution is 6.06. The van der Waals surface area contributed by atoms with Gasteiger partial charge in [0.15, 0.2) is 0 Å². The quantitative estimate of drug-likeness (QED) is 0.829. The molecule has 0 saturated carbocycles. The average molecular weight is 245 g/mol. The normalized spacial score (nSPS) is 18.9. The summed E-state index contributed by atoms with van der Waals surface area (Å²) in [5.41, 5.74) is 4.96. The number of nitrogens with zero attached hydrogens (tertiary/aromatic N) is 1. The van der Waals surface area contributed by atoms with Gasteiger partial charge in [0.2, 0.25) is 11.8 Å². The topological polar surface area (TPSA) is 70.6 Å². The Morgan fingerprint density at radius 3 is 2.94 bits per heavy atom. The number of carbonyl (C=O) groups excluding carboxylic acids is 2. The number of hydrazone groups is 1. The van der Waals surface area contributed by atoms with E-state index in [0.717, 1.165) is 17.0 Å². The highest BCUT2D eigenvalue weighted by Crippen LogP contribution is 2.19. The number of benzene rings is 1. The molecule has 94 valence electrons. The first-order valence-electron chi connectivity index (χ1n) is 5.80. The van der Waals surface area contributed by atoms with E-state index in [4.69, 9.17) is 0 Å². The van der Waals surface area contributed by atoms with Crippen LogP contribution in [0.3, 0.4) is 0 Å². The van der Waals surface area contributed by atoms with E-state index >= 15 is 0 Å². The summed E-state index contributed by atoms with van der Waals surface area (Å²) in [6.07, 6.45) is 0.434. The van der Waals surface area contributed by atoms with Gasteiger partial charge in [-0.25, -0.2) is 5.43 Å². The molecular formula is C13H15N3O2. The van der Waals surface area contributed by atoms with Crippen LogP contribution in [-0.4, -0.2) is 17.5 Å². The third-order valence-electron chi connectivity index (χ3n) is 2.74. The minimum atomic E-state index is -0.112. The lowest BCUT2D eigenvalue weighted by Gasteiger charge is -2.19. The standard InChI is InChI=1S/C13H15N3O2/c1-8-6-12(18)15-16-13(8)10-4-3-5-11(7-10)14-9(2)17/h3-5,7-8H,6H2,1-2H3,(H,14,17)(H,15,18). The van der Waals surface area contributed by atoms with Crippen molar-refractivity contribution in [3.05, 3.63) is 29.8 Å². The van der Waals surface area contributed by atoms with Crippen LogP contribution in [0.25, 0.3) is 0 Å². The molecular weight excluding hydrogens is 230 g/mol. The molecule has 1 aromatic rings. The molecule has 5 nitrogen and oxygen atoms in total. The van der Waals surface area contributed by atoms with Gasteiger partial charge in [0.25, 0.3) is 0 Å². The summed E-state index contributed by atoms with van der Waals surface area (Å²) >= 11 is 0. The van der Waals surface area contributed by atoms with Gasteiger partial charge in [-0.05, 0) is 12.1 Å². The first-order valence-corrected chi connectivity index (χ1v) is 5.80. The van der Waals surface area contributed by atoms with E-state index in [0.29, 0.717) is 6.42 Å². The second kappa shape index (κ2) is 5.00. The van der Waals surface area contributed by atoms with Crippen molar-refractivity contribution < 1.29 is 9.59 Å². The van der Waals surface area contributed by atoms with E-state index < -0.39 is 0 Å². The minimum absolute atomic E-state index is 0.0655. The van der Waals surface area contributed by atoms with Gasteiger partial charge >= 0.3 is 0 Å². The number of hydrogen-bond donors (Lipinski definition) is 2. The van der Waals surface area contributed by atoms with Gasteiger partial charge in [-0.1, -0.05) is 19.1 Å². The van der Waals surface area contributed by atoms with Crippen molar-refractivity contribution in [2.75, 3.05) is 5.32 Å². The van der Waals surface area contributed by atoms with Crippen LogP contribution in [0, 0.1) is 5.92 Å². The fraction of sp³-hybridized carbons (Fsp3) is 0.308. The monoisotopic (exact) mass is 245 g/mol. The Hall–Kier alpha value is -2.17. The minimum Gasteiger partial charge on any atom is -0.326 e. The maximum Gasteiger partial charge on any atom is 0.240 e. The molecule has 18 heavy (non-hydrogen) atoms. The molecule has 0 aromatic heterocycles. The number of rotatable bonds is 2.